The SMILES string of the molecule is CN1[C@@H]2CC[C@H]1[C@H](CO)[C@@H](OC(c1ccc(F)cc1)c1ccc(F)cc1)C2. The van der Waals surface area contributed by atoms with Crippen LogP contribution in [0.2, 0.25) is 0 Å². The molecule has 0 amide bonds. The number of halogens is 2. The number of fused-ring (bicyclic) bond motifs is 2. The number of benzene rings is 2. The summed E-state index contributed by atoms with van der Waals surface area (Å²) in [4.78, 5) is 2.37. The van der Waals surface area contributed by atoms with Crippen LogP contribution in [0.15, 0.2) is 48.5 Å². The lowest BCUT2D eigenvalue weighted by Gasteiger charge is -2.43. The molecular formula is C22H25F2NO2. The van der Waals surface area contributed by atoms with Crippen molar-refractivity contribution in [1.29, 1.82) is 0 Å². The number of ether oxygens (including phenoxy) is 1. The normalized spacial score (nSPS) is 28.0. The molecular weight excluding hydrogens is 348 g/mol. The summed E-state index contributed by atoms with van der Waals surface area (Å²) in [6.45, 7) is 0.0753. The summed E-state index contributed by atoms with van der Waals surface area (Å²) in [5, 5.41) is 10.0. The van der Waals surface area contributed by atoms with Crippen LogP contribution in [0.4, 0.5) is 8.78 Å². The quantitative estimate of drug-likeness (QED) is 0.862. The van der Waals surface area contributed by atoms with Gasteiger partial charge in [0.2, 0.25) is 0 Å². The number of aliphatic hydroxyl groups excluding tert-OH is 1. The molecule has 27 heavy (non-hydrogen) atoms. The second kappa shape index (κ2) is 7.66. The molecule has 2 fully saturated rings. The average Bonchev–Trinajstić information content (AvgIpc) is 2.92. The summed E-state index contributed by atoms with van der Waals surface area (Å²) < 4.78 is 33.4. The summed E-state index contributed by atoms with van der Waals surface area (Å²) in [5.41, 5.74) is 1.65. The Bertz CT molecular complexity index is 719. The molecule has 2 aliphatic rings. The van der Waals surface area contributed by atoms with E-state index in [2.05, 4.69) is 11.9 Å². The zero-order chi connectivity index (χ0) is 19.0. The Morgan fingerprint density at radius 1 is 1.00 bits per heavy atom. The molecule has 4 rings (SSSR count). The van der Waals surface area contributed by atoms with Crippen LogP contribution in [0.5, 0.6) is 0 Å². The smallest absolute Gasteiger partial charge is 0.123 e. The topological polar surface area (TPSA) is 32.7 Å². The minimum atomic E-state index is -0.423. The highest BCUT2D eigenvalue weighted by Gasteiger charge is 2.46. The summed E-state index contributed by atoms with van der Waals surface area (Å²) in [7, 11) is 2.12. The Morgan fingerprint density at radius 2 is 1.56 bits per heavy atom. The van der Waals surface area contributed by atoms with Gasteiger partial charge in [-0.05, 0) is 61.7 Å². The summed E-state index contributed by atoms with van der Waals surface area (Å²) in [5.74, 6) is -0.568. The summed E-state index contributed by atoms with van der Waals surface area (Å²) >= 11 is 0. The van der Waals surface area contributed by atoms with Crippen LogP contribution in [0.1, 0.15) is 36.5 Å². The molecule has 2 heterocycles. The van der Waals surface area contributed by atoms with Crippen LogP contribution < -0.4 is 0 Å². The van der Waals surface area contributed by atoms with Gasteiger partial charge in [-0.1, -0.05) is 24.3 Å². The van der Waals surface area contributed by atoms with Crippen molar-refractivity contribution in [2.45, 2.75) is 43.6 Å². The van der Waals surface area contributed by atoms with E-state index < -0.39 is 6.10 Å². The minimum absolute atomic E-state index is 0.0390. The van der Waals surface area contributed by atoms with Crippen molar-refractivity contribution < 1.29 is 18.6 Å². The first-order valence-electron chi connectivity index (χ1n) is 9.56. The molecule has 0 radical (unpaired) electrons. The van der Waals surface area contributed by atoms with E-state index in [9.17, 15) is 13.9 Å². The van der Waals surface area contributed by atoms with Gasteiger partial charge in [-0.15, -0.1) is 0 Å². The van der Waals surface area contributed by atoms with Crippen molar-refractivity contribution in [2.75, 3.05) is 13.7 Å². The van der Waals surface area contributed by atoms with Gasteiger partial charge >= 0.3 is 0 Å². The third-order valence-corrected chi connectivity index (χ3v) is 6.24. The predicted molar refractivity (Wildman–Crippen MR) is 99.3 cm³/mol. The lowest BCUT2D eigenvalue weighted by Crippen LogP contribution is -2.51. The van der Waals surface area contributed by atoms with Gasteiger partial charge in [0.1, 0.15) is 17.7 Å². The van der Waals surface area contributed by atoms with E-state index in [0.717, 1.165) is 30.4 Å². The summed E-state index contributed by atoms with van der Waals surface area (Å²) in [6.07, 6.45) is 2.54. The number of hydrogen-bond acceptors (Lipinski definition) is 3. The molecule has 144 valence electrons. The van der Waals surface area contributed by atoms with Crippen LogP contribution in [-0.2, 0) is 4.74 Å². The molecule has 1 N–H and O–H groups in total. The van der Waals surface area contributed by atoms with Crippen LogP contribution in [0, 0.1) is 17.6 Å². The van der Waals surface area contributed by atoms with E-state index in [1.165, 1.54) is 24.3 Å². The van der Waals surface area contributed by atoms with Crippen molar-refractivity contribution in [2.24, 2.45) is 5.92 Å². The molecule has 4 atom stereocenters. The zero-order valence-electron chi connectivity index (χ0n) is 15.4. The zero-order valence-corrected chi connectivity index (χ0v) is 15.4. The Labute approximate surface area is 158 Å². The Morgan fingerprint density at radius 3 is 2.07 bits per heavy atom. The Kier molecular flexibility index (Phi) is 5.26. The molecule has 0 aliphatic carbocycles. The maximum atomic E-state index is 13.4. The maximum Gasteiger partial charge on any atom is 0.123 e. The molecule has 0 saturated carbocycles. The first-order chi connectivity index (χ1) is 13.1. The van der Waals surface area contributed by atoms with E-state index in [-0.39, 0.29) is 30.3 Å². The van der Waals surface area contributed by atoms with Gasteiger partial charge in [0.25, 0.3) is 0 Å². The molecule has 2 aliphatic heterocycles. The van der Waals surface area contributed by atoms with Crippen molar-refractivity contribution in [1.82, 2.24) is 4.90 Å². The first-order valence-corrected chi connectivity index (χ1v) is 9.56. The lowest BCUT2D eigenvalue weighted by atomic mass is 9.87. The van der Waals surface area contributed by atoms with Crippen molar-refractivity contribution >= 4 is 0 Å². The number of hydrogen-bond donors (Lipinski definition) is 1. The number of rotatable bonds is 5. The van der Waals surface area contributed by atoms with Gasteiger partial charge in [-0.3, -0.25) is 4.90 Å². The van der Waals surface area contributed by atoms with Crippen molar-refractivity contribution in [3.05, 3.63) is 71.3 Å². The number of aliphatic hydroxyl groups is 1. The van der Waals surface area contributed by atoms with E-state index in [1.807, 2.05) is 0 Å². The molecule has 0 spiro atoms. The third-order valence-electron chi connectivity index (χ3n) is 6.24. The fourth-order valence-electron chi connectivity index (χ4n) is 4.73. The summed E-state index contributed by atoms with van der Waals surface area (Å²) in [6, 6.07) is 13.3. The van der Waals surface area contributed by atoms with Gasteiger partial charge in [-0.2, -0.15) is 0 Å². The van der Waals surface area contributed by atoms with Gasteiger partial charge < -0.3 is 9.84 Å². The fourth-order valence-corrected chi connectivity index (χ4v) is 4.73. The van der Waals surface area contributed by atoms with Crippen LogP contribution in [0.25, 0.3) is 0 Å². The van der Waals surface area contributed by atoms with Crippen molar-refractivity contribution in [3.63, 3.8) is 0 Å². The lowest BCUT2D eigenvalue weighted by molar-refractivity contribution is -0.0942. The van der Waals surface area contributed by atoms with Gasteiger partial charge in [0, 0.05) is 24.6 Å². The molecule has 2 aromatic carbocycles. The molecule has 2 bridgehead atoms. The highest BCUT2D eigenvalue weighted by atomic mass is 19.1. The molecule has 5 heteroatoms. The Hall–Kier alpha value is -1.82. The van der Waals surface area contributed by atoms with Crippen LogP contribution in [0.3, 0.4) is 0 Å². The Balaban J connectivity index is 1.64. The molecule has 2 aromatic rings. The fraction of sp³-hybridized carbons (Fsp3) is 0.455. The van der Waals surface area contributed by atoms with E-state index >= 15 is 0 Å². The monoisotopic (exact) mass is 373 g/mol. The maximum absolute atomic E-state index is 13.4. The van der Waals surface area contributed by atoms with Crippen LogP contribution in [-0.4, -0.2) is 41.8 Å². The standard InChI is InChI=1S/C22H25F2NO2/c1-25-18-10-11-20(25)19(13-26)21(12-18)27-22(14-2-6-16(23)7-3-14)15-4-8-17(24)9-5-15/h2-9,18-22,26H,10-13H2,1H3/t18-,19+,20+,21+/m1/s1. The van der Waals surface area contributed by atoms with E-state index in [1.54, 1.807) is 24.3 Å². The number of piperidine rings is 1. The van der Waals surface area contributed by atoms with E-state index in [0.29, 0.717) is 12.1 Å². The van der Waals surface area contributed by atoms with Gasteiger partial charge in [0.15, 0.2) is 0 Å². The molecule has 0 aromatic heterocycles. The molecule has 0 unspecified atom stereocenters. The largest absolute Gasteiger partial charge is 0.396 e. The van der Waals surface area contributed by atoms with Crippen LogP contribution >= 0.6 is 0 Å². The highest BCUT2D eigenvalue weighted by molar-refractivity contribution is 5.30. The van der Waals surface area contributed by atoms with Gasteiger partial charge in [0.05, 0.1) is 6.10 Å². The second-order valence-corrected chi connectivity index (χ2v) is 7.70. The average molecular weight is 373 g/mol. The molecule has 2 saturated heterocycles. The second-order valence-electron chi connectivity index (χ2n) is 7.70. The third kappa shape index (κ3) is 3.64. The van der Waals surface area contributed by atoms with Gasteiger partial charge in [-0.25, -0.2) is 8.78 Å². The number of nitrogens with zero attached hydrogens (tertiary/aromatic N) is 1. The first kappa shape index (κ1) is 18.5. The van der Waals surface area contributed by atoms with E-state index in [4.69, 9.17) is 4.74 Å². The minimum Gasteiger partial charge on any atom is -0.396 e. The van der Waals surface area contributed by atoms with Crippen molar-refractivity contribution in [3.8, 4) is 0 Å². The predicted octanol–water partition coefficient (Wildman–Crippen LogP) is 3.91. The molecule has 3 nitrogen and oxygen atoms in total. The highest BCUT2D eigenvalue weighted by Crippen LogP contribution is 2.42.